The van der Waals surface area contributed by atoms with Crippen molar-refractivity contribution in [1.29, 1.82) is 0 Å². The molecule has 0 bridgehead atoms. The second kappa shape index (κ2) is 5.38. The van der Waals surface area contributed by atoms with E-state index < -0.39 is 29.8 Å². The molecule has 1 aliphatic heterocycles. The molecule has 92 valence electrons. The van der Waals surface area contributed by atoms with Crippen molar-refractivity contribution in [2.45, 2.75) is 36.8 Å². The SMILES string of the molecule is COC(=O)O[C@H]1[C@H](F)C(OC(C)=O)S[C@@H]1C. The average Bonchev–Trinajstić information content (AvgIpc) is 2.45. The van der Waals surface area contributed by atoms with Crippen LogP contribution in [0.4, 0.5) is 9.18 Å². The van der Waals surface area contributed by atoms with Gasteiger partial charge in [0.15, 0.2) is 17.7 Å². The van der Waals surface area contributed by atoms with E-state index in [1.165, 1.54) is 6.92 Å². The Labute approximate surface area is 96.6 Å². The third-order valence-electron chi connectivity index (χ3n) is 2.07. The highest BCUT2D eigenvalue weighted by Crippen LogP contribution is 2.38. The predicted molar refractivity (Wildman–Crippen MR) is 54.8 cm³/mol. The van der Waals surface area contributed by atoms with Gasteiger partial charge < -0.3 is 14.2 Å². The minimum Gasteiger partial charge on any atom is -0.448 e. The smallest absolute Gasteiger partial charge is 0.448 e. The molecule has 0 amide bonds. The Morgan fingerprint density at radius 2 is 1.94 bits per heavy atom. The number of thioether (sulfide) groups is 1. The second-order valence-corrected chi connectivity index (χ2v) is 4.78. The van der Waals surface area contributed by atoms with Crippen molar-refractivity contribution >= 4 is 23.9 Å². The summed E-state index contributed by atoms with van der Waals surface area (Å²) < 4.78 is 27.5. The van der Waals surface area contributed by atoms with Crippen molar-refractivity contribution in [3.05, 3.63) is 0 Å². The zero-order valence-corrected chi connectivity index (χ0v) is 9.95. The van der Waals surface area contributed by atoms with Crippen LogP contribution in [0.15, 0.2) is 0 Å². The third-order valence-corrected chi connectivity index (χ3v) is 3.39. The summed E-state index contributed by atoms with van der Waals surface area (Å²) in [6.07, 6.45) is -3.44. The lowest BCUT2D eigenvalue weighted by atomic mass is 10.2. The van der Waals surface area contributed by atoms with E-state index in [1.807, 2.05) is 0 Å². The summed E-state index contributed by atoms with van der Waals surface area (Å²) in [6.45, 7) is 2.89. The van der Waals surface area contributed by atoms with Crippen LogP contribution in [0.25, 0.3) is 0 Å². The van der Waals surface area contributed by atoms with Gasteiger partial charge in [-0.25, -0.2) is 9.18 Å². The van der Waals surface area contributed by atoms with Crippen molar-refractivity contribution < 1.29 is 28.2 Å². The molecule has 1 saturated heterocycles. The maximum atomic E-state index is 13.7. The average molecular weight is 252 g/mol. The summed E-state index contributed by atoms with van der Waals surface area (Å²) in [4.78, 5) is 21.6. The van der Waals surface area contributed by atoms with E-state index >= 15 is 0 Å². The molecular weight excluding hydrogens is 239 g/mol. The molecule has 0 saturated carbocycles. The lowest BCUT2D eigenvalue weighted by Crippen LogP contribution is -2.34. The van der Waals surface area contributed by atoms with Crippen LogP contribution in [0.3, 0.4) is 0 Å². The normalized spacial score (nSPS) is 33.2. The first-order valence-corrected chi connectivity index (χ1v) is 5.61. The van der Waals surface area contributed by atoms with Gasteiger partial charge in [-0.05, 0) is 6.92 Å². The molecule has 16 heavy (non-hydrogen) atoms. The summed E-state index contributed by atoms with van der Waals surface area (Å²) in [6, 6.07) is 0. The maximum Gasteiger partial charge on any atom is 0.508 e. The van der Waals surface area contributed by atoms with Crippen LogP contribution < -0.4 is 0 Å². The van der Waals surface area contributed by atoms with Crippen molar-refractivity contribution in [2.75, 3.05) is 7.11 Å². The number of hydrogen-bond donors (Lipinski definition) is 0. The minimum absolute atomic E-state index is 0.293. The number of alkyl halides is 1. The van der Waals surface area contributed by atoms with Crippen molar-refractivity contribution in [2.24, 2.45) is 0 Å². The van der Waals surface area contributed by atoms with Gasteiger partial charge in [0, 0.05) is 12.2 Å². The van der Waals surface area contributed by atoms with Crippen LogP contribution in [0.2, 0.25) is 0 Å². The van der Waals surface area contributed by atoms with E-state index in [9.17, 15) is 14.0 Å². The fourth-order valence-corrected chi connectivity index (χ4v) is 2.63. The van der Waals surface area contributed by atoms with Gasteiger partial charge in [0.2, 0.25) is 0 Å². The Hall–Kier alpha value is -0.980. The molecule has 1 aliphatic rings. The molecule has 0 aromatic rings. The number of carbonyl (C=O) groups is 2. The zero-order valence-electron chi connectivity index (χ0n) is 9.14. The van der Waals surface area contributed by atoms with Crippen LogP contribution in [-0.4, -0.2) is 42.2 Å². The number of halogens is 1. The lowest BCUT2D eigenvalue weighted by molar-refractivity contribution is -0.145. The van der Waals surface area contributed by atoms with E-state index in [1.54, 1.807) is 6.92 Å². The van der Waals surface area contributed by atoms with Gasteiger partial charge in [-0.1, -0.05) is 0 Å². The molecule has 1 rings (SSSR count). The monoisotopic (exact) mass is 252 g/mol. The van der Waals surface area contributed by atoms with E-state index in [2.05, 4.69) is 4.74 Å². The fourth-order valence-electron chi connectivity index (χ4n) is 1.35. The molecule has 7 heteroatoms. The quantitative estimate of drug-likeness (QED) is 0.694. The highest BCUT2D eigenvalue weighted by molar-refractivity contribution is 8.00. The maximum absolute atomic E-state index is 13.7. The topological polar surface area (TPSA) is 61.8 Å². The summed E-state index contributed by atoms with van der Waals surface area (Å²) >= 11 is 1.11. The Bertz CT molecular complexity index is 285. The van der Waals surface area contributed by atoms with E-state index in [-0.39, 0.29) is 5.25 Å². The number of hydrogen-bond acceptors (Lipinski definition) is 6. The fraction of sp³-hybridized carbons (Fsp3) is 0.778. The summed E-state index contributed by atoms with van der Waals surface area (Å²) in [7, 11) is 1.14. The van der Waals surface area contributed by atoms with Gasteiger partial charge in [0.1, 0.15) is 0 Å². The Kier molecular flexibility index (Phi) is 4.40. The largest absolute Gasteiger partial charge is 0.508 e. The third kappa shape index (κ3) is 3.01. The Morgan fingerprint density at radius 3 is 2.44 bits per heavy atom. The first-order valence-electron chi connectivity index (χ1n) is 4.67. The van der Waals surface area contributed by atoms with Crippen LogP contribution in [0.5, 0.6) is 0 Å². The molecule has 0 aromatic heterocycles. The van der Waals surface area contributed by atoms with E-state index in [0.717, 1.165) is 18.9 Å². The van der Waals surface area contributed by atoms with Crippen molar-refractivity contribution in [1.82, 2.24) is 0 Å². The van der Waals surface area contributed by atoms with Gasteiger partial charge in [0.25, 0.3) is 0 Å². The number of rotatable bonds is 2. The summed E-state index contributed by atoms with van der Waals surface area (Å²) in [5.41, 5.74) is -0.929. The van der Waals surface area contributed by atoms with Crippen LogP contribution in [-0.2, 0) is 19.0 Å². The predicted octanol–water partition coefficient (Wildman–Crippen LogP) is 1.50. The van der Waals surface area contributed by atoms with Crippen LogP contribution in [0, 0.1) is 0 Å². The first-order chi connectivity index (χ1) is 7.45. The Balaban J connectivity index is 2.59. The van der Waals surface area contributed by atoms with Crippen LogP contribution in [0.1, 0.15) is 13.8 Å². The summed E-state index contributed by atoms with van der Waals surface area (Å²) in [5.74, 6) is -0.564. The molecule has 0 aliphatic carbocycles. The number of ether oxygens (including phenoxy) is 3. The van der Waals surface area contributed by atoms with E-state index in [4.69, 9.17) is 9.47 Å². The number of methoxy groups -OCH3 is 1. The minimum atomic E-state index is -1.54. The molecule has 1 fully saturated rings. The van der Waals surface area contributed by atoms with Gasteiger partial charge in [-0.3, -0.25) is 4.79 Å². The summed E-state index contributed by atoms with van der Waals surface area (Å²) in [5, 5.41) is -0.293. The zero-order chi connectivity index (χ0) is 12.3. The number of carbonyl (C=O) groups excluding carboxylic acids is 2. The highest BCUT2D eigenvalue weighted by atomic mass is 32.2. The highest BCUT2D eigenvalue weighted by Gasteiger charge is 2.47. The molecular formula is C9H13FO5S. The van der Waals surface area contributed by atoms with E-state index in [0.29, 0.717) is 0 Å². The molecule has 0 radical (unpaired) electrons. The van der Waals surface area contributed by atoms with Gasteiger partial charge in [-0.15, -0.1) is 11.8 Å². The van der Waals surface area contributed by atoms with Gasteiger partial charge in [0.05, 0.1) is 7.11 Å². The molecule has 4 atom stereocenters. The molecule has 1 heterocycles. The number of esters is 1. The van der Waals surface area contributed by atoms with Crippen LogP contribution >= 0.6 is 11.8 Å². The standard InChI is InChI=1S/C9H13FO5S/c1-4-7(15-9(12)13-3)6(10)8(16-4)14-5(2)11/h4,6-8H,1-3H3/t4-,6+,7-,8?/m1/s1. The molecule has 5 nitrogen and oxygen atoms in total. The second-order valence-electron chi connectivity index (χ2n) is 3.30. The van der Waals surface area contributed by atoms with Gasteiger partial charge >= 0.3 is 12.1 Å². The van der Waals surface area contributed by atoms with Gasteiger partial charge in [-0.2, -0.15) is 0 Å². The first kappa shape index (κ1) is 13.1. The van der Waals surface area contributed by atoms with Crippen molar-refractivity contribution in [3.8, 4) is 0 Å². The molecule has 0 spiro atoms. The molecule has 0 aromatic carbocycles. The Morgan fingerprint density at radius 1 is 1.31 bits per heavy atom. The molecule has 1 unspecified atom stereocenters. The molecule has 0 N–H and O–H groups in total. The van der Waals surface area contributed by atoms with Crippen molar-refractivity contribution in [3.63, 3.8) is 0 Å². The lowest BCUT2D eigenvalue weighted by Gasteiger charge is -2.17.